The molecule has 0 aromatic carbocycles. The normalized spacial score (nSPS) is 20.3. The highest BCUT2D eigenvalue weighted by Crippen LogP contribution is 2.45. The number of rotatable bonds is 4. The van der Waals surface area contributed by atoms with Crippen LogP contribution in [0.15, 0.2) is 9.26 Å². The fourth-order valence-corrected chi connectivity index (χ4v) is 2.85. The zero-order valence-corrected chi connectivity index (χ0v) is 12.6. The predicted molar refractivity (Wildman–Crippen MR) is 74.1 cm³/mol. The van der Waals surface area contributed by atoms with Crippen molar-refractivity contribution in [3.05, 3.63) is 40.5 Å². The first-order valence-electron chi connectivity index (χ1n) is 6.65. The molecule has 28 heavy (non-hydrogen) atoms. The van der Waals surface area contributed by atoms with Crippen molar-refractivity contribution in [3.8, 4) is 0 Å². The molecule has 0 radical (unpaired) electrons. The molecule has 0 aliphatic carbocycles. The Morgan fingerprint density at radius 2 is 0.786 bits per heavy atom. The van der Waals surface area contributed by atoms with Gasteiger partial charge >= 0.3 is 0 Å². The first-order valence-corrected chi connectivity index (χ1v) is 6.65. The van der Waals surface area contributed by atoms with E-state index in [-0.39, 0.29) is 20.0 Å². The summed E-state index contributed by atoms with van der Waals surface area (Å²) in [6.07, 6.45) is -4.67. The maximum Gasteiger partial charge on any atom is 0.289 e. The maximum absolute atomic E-state index is 11.6. The molecule has 146 valence electrons. The van der Waals surface area contributed by atoms with Gasteiger partial charge in [0.2, 0.25) is 0 Å². The van der Waals surface area contributed by atoms with Crippen LogP contribution < -0.4 is 20.0 Å². The van der Waals surface area contributed by atoms with Crippen molar-refractivity contribution in [3.63, 3.8) is 0 Å². The Kier molecular flexibility index (Phi) is 3.12. The molecule has 0 amide bonds. The molecule has 0 spiro atoms. The van der Waals surface area contributed by atoms with E-state index in [0.29, 0.717) is 0 Å². The average molecular weight is 402 g/mol. The van der Waals surface area contributed by atoms with E-state index in [1.54, 1.807) is 0 Å². The molecule has 0 N–H and O–H groups in total. The second-order valence-electron chi connectivity index (χ2n) is 4.98. The van der Waals surface area contributed by atoms with E-state index in [2.05, 4.69) is 29.9 Å². The van der Waals surface area contributed by atoms with Crippen molar-refractivity contribution in [1.29, 1.82) is 0 Å². The molecule has 22 heteroatoms. The number of anilines is 4. The van der Waals surface area contributed by atoms with Crippen LogP contribution in [-0.4, -0.2) is 53.1 Å². The minimum absolute atomic E-state index is 0.0482. The molecule has 0 fully saturated rings. The van der Waals surface area contributed by atoms with Gasteiger partial charge in [0.1, 0.15) is 0 Å². The molecule has 2 aromatic rings. The van der Waals surface area contributed by atoms with Gasteiger partial charge < -0.3 is 0 Å². The Balaban J connectivity index is 2.07. The van der Waals surface area contributed by atoms with E-state index in [1.807, 2.05) is 0 Å². The van der Waals surface area contributed by atoms with E-state index in [9.17, 15) is 40.5 Å². The first-order chi connectivity index (χ1) is 13.3. The molecule has 4 rings (SSSR count). The van der Waals surface area contributed by atoms with Crippen molar-refractivity contribution in [2.75, 3.05) is 20.0 Å². The average Bonchev–Trinajstić information content (AvgIpc) is 3.24. The molecular formula is C6H2N12O10. The maximum atomic E-state index is 11.6. The van der Waals surface area contributed by atoms with Gasteiger partial charge in [0.25, 0.3) is 35.6 Å². The van der Waals surface area contributed by atoms with Crippen LogP contribution in [-0.2, 0) is 0 Å². The highest BCUT2D eigenvalue weighted by molar-refractivity contribution is 5.71. The third-order valence-corrected chi connectivity index (χ3v) is 3.75. The van der Waals surface area contributed by atoms with Gasteiger partial charge in [-0.05, 0) is 40.7 Å². The van der Waals surface area contributed by atoms with Gasteiger partial charge in [-0.3, -0.25) is 0 Å². The van der Waals surface area contributed by atoms with Crippen LogP contribution in [0.3, 0.4) is 0 Å². The fourth-order valence-electron chi connectivity index (χ4n) is 2.85. The van der Waals surface area contributed by atoms with Crippen LogP contribution in [0.2, 0.25) is 0 Å². The van der Waals surface area contributed by atoms with E-state index in [1.165, 1.54) is 0 Å². The quantitative estimate of drug-likeness (QED) is 0.388. The number of nitro groups is 4. The summed E-state index contributed by atoms with van der Waals surface area (Å²) in [7, 11) is 0. The molecular weight excluding hydrogens is 400 g/mol. The summed E-state index contributed by atoms with van der Waals surface area (Å²) in [4.78, 5) is 46.3. The number of fused-ring (bicyclic) bond motifs is 3. The lowest BCUT2D eigenvalue weighted by Gasteiger charge is -2.39. The van der Waals surface area contributed by atoms with Crippen molar-refractivity contribution in [2.24, 2.45) is 0 Å². The van der Waals surface area contributed by atoms with Crippen LogP contribution in [0, 0.1) is 40.5 Å². The van der Waals surface area contributed by atoms with E-state index in [0.717, 1.165) is 0 Å². The second-order valence-corrected chi connectivity index (χ2v) is 4.98. The third kappa shape index (κ3) is 1.89. The van der Waals surface area contributed by atoms with E-state index < -0.39 is 55.7 Å². The fraction of sp³-hybridized carbons (Fsp3) is 0.333. The lowest BCUT2D eigenvalue weighted by Crippen LogP contribution is -2.75. The molecule has 22 nitrogen and oxygen atoms in total. The Morgan fingerprint density at radius 3 is 0.964 bits per heavy atom. The Bertz CT molecular complexity index is 861. The number of hydrogen-bond acceptors (Lipinski definition) is 14. The SMILES string of the molecule is O=[N+]([O-])N1c2nonc2N([N+](=O)[O-])C2C1N([N+](=O)[O-])c1nonc1N2[N+](=O)[O-]. The third-order valence-electron chi connectivity index (χ3n) is 3.75. The van der Waals surface area contributed by atoms with Gasteiger partial charge in [0.15, 0.2) is 20.1 Å². The number of hydrogen-bond donors (Lipinski definition) is 0. The zero-order valence-electron chi connectivity index (χ0n) is 12.6. The minimum Gasteiger partial charge on any atom is -0.240 e. The summed E-state index contributed by atoms with van der Waals surface area (Å²) in [5.41, 5.74) is 0. The van der Waals surface area contributed by atoms with Crippen molar-refractivity contribution in [2.45, 2.75) is 12.3 Å². The van der Waals surface area contributed by atoms with Crippen LogP contribution in [0.1, 0.15) is 0 Å². The summed E-state index contributed by atoms with van der Waals surface area (Å²) < 4.78 is 8.53. The van der Waals surface area contributed by atoms with Gasteiger partial charge in [-0.2, -0.15) is 0 Å². The molecule has 0 saturated carbocycles. The van der Waals surface area contributed by atoms with Crippen LogP contribution in [0.25, 0.3) is 0 Å². The highest BCUT2D eigenvalue weighted by atomic mass is 16.7. The molecule has 0 bridgehead atoms. The predicted octanol–water partition coefficient (Wildman–Crippen LogP) is -2.18. The van der Waals surface area contributed by atoms with Crippen molar-refractivity contribution < 1.29 is 29.4 Å². The number of aromatic nitrogens is 4. The zero-order chi connectivity index (χ0) is 20.3. The Hall–Kier alpha value is -4.92. The summed E-state index contributed by atoms with van der Waals surface area (Å²) in [5.74, 6) is -3.62. The molecule has 0 unspecified atom stereocenters. The summed E-state index contributed by atoms with van der Waals surface area (Å²) in [6, 6.07) is 0. The lowest BCUT2D eigenvalue weighted by molar-refractivity contribution is -0.567. The summed E-state index contributed by atoms with van der Waals surface area (Å²) in [6.45, 7) is 0. The van der Waals surface area contributed by atoms with Crippen molar-refractivity contribution in [1.82, 2.24) is 20.6 Å². The smallest absolute Gasteiger partial charge is 0.240 e. The summed E-state index contributed by atoms with van der Waals surface area (Å²) in [5, 5.41) is 53.8. The van der Waals surface area contributed by atoms with Gasteiger partial charge in [0, 0.05) is 0 Å². The highest BCUT2D eigenvalue weighted by Gasteiger charge is 2.69. The molecule has 0 atom stereocenters. The largest absolute Gasteiger partial charge is 0.289 e. The van der Waals surface area contributed by atoms with Crippen LogP contribution in [0.5, 0.6) is 0 Å². The lowest BCUT2D eigenvalue weighted by atomic mass is 10.2. The first kappa shape index (κ1) is 16.5. The number of hydrazine groups is 4. The molecule has 4 heterocycles. The monoisotopic (exact) mass is 402 g/mol. The van der Waals surface area contributed by atoms with Crippen molar-refractivity contribution >= 4 is 23.3 Å². The standard InChI is InChI=1S/C6H2N12O10/c19-15(20)11-1-2(8-27-7-1)12(16(21)22)6-5(11)13(17(23)24)3-4(10-28-9-3)14(6)18(25)26/h5-6H. The Morgan fingerprint density at radius 1 is 0.571 bits per heavy atom. The number of nitrogens with zero attached hydrogens (tertiary/aromatic N) is 12. The van der Waals surface area contributed by atoms with Gasteiger partial charge in [0.05, 0.1) is 0 Å². The van der Waals surface area contributed by atoms with Gasteiger partial charge in [-0.25, -0.2) is 49.7 Å². The van der Waals surface area contributed by atoms with Crippen LogP contribution >= 0.6 is 0 Å². The Labute approximate surface area is 147 Å². The minimum atomic E-state index is -2.33. The summed E-state index contributed by atoms with van der Waals surface area (Å²) >= 11 is 0. The van der Waals surface area contributed by atoms with Crippen LogP contribution in [0.4, 0.5) is 23.3 Å². The van der Waals surface area contributed by atoms with Gasteiger partial charge in [-0.15, -0.1) is 0 Å². The van der Waals surface area contributed by atoms with Gasteiger partial charge in [-0.1, -0.05) is 0 Å². The molecule has 2 aliphatic heterocycles. The molecule has 2 aliphatic rings. The molecule has 0 saturated heterocycles. The van der Waals surface area contributed by atoms with E-state index >= 15 is 0 Å². The second kappa shape index (κ2) is 5.29. The van der Waals surface area contributed by atoms with E-state index in [4.69, 9.17) is 0 Å². The molecule has 2 aromatic heterocycles. The topological polar surface area (TPSA) is 263 Å².